The van der Waals surface area contributed by atoms with Crippen molar-refractivity contribution in [2.24, 2.45) is 0 Å². The number of aromatic carboxylic acids is 1. The predicted octanol–water partition coefficient (Wildman–Crippen LogP) is 5.16. The number of nitrogen functional groups attached to an aromatic ring is 1. The Morgan fingerprint density at radius 2 is 2.00 bits per heavy atom. The zero-order chi connectivity index (χ0) is 17.6. The number of nitrogens with zero attached hydrogens (tertiary/aromatic N) is 1. The van der Waals surface area contributed by atoms with Crippen molar-refractivity contribution in [3.8, 4) is 22.6 Å². The summed E-state index contributed by atoms with van der Waals surface area (Å²) in [6.07, 6.45) is 1.56. The van der Waals surface area contributed by atoms with Crippen LogP contribution in [0.25, 0.3) is 32.8 Å². The Hall–Kier alpha value is -2.83. The fraction of sp³-hybridized carbons (Fsp3) is 0. The van der Waals surface area contributed by atoms with E-state index in [9.17, 15) is 9.90 Å². The van der Waals surface area contributed by atoms with Crippen molar-refractivity contribution in [3.63, 3.8) is 0 Å². The van der Waals surface area contributed by atoms with Gasteiger partial charge in [-0.25, -0.2) is 9.78 Å². The largest absolute Gasteiger partial charge is 0.477 e. The van der Waals surface area contributed by atoms with Gasteiger partial charge in [0.25, 0.3) is 0 Å². The number of rotatable bonds is 3. The third-order valence-electron chi connectivity index (χ3n) is 3.82. The zero-order valence-electron chi connectivity index (χ0n) is 12.7. The lowest BCUT2D eigenvalue weighted by molar-refractivity contribution is 0.0703. The number of benzene rings is 1. The number of carbonyl (C=O) groups is 1. The molecular formula is C18H11ClN2O3S. The Morgan fingerprint density at radius 3 is 2.64 bits per heavy atom. The van der Waals surface area contributed by atoms with Crippen LogP contribution in [0.1, 0.15) is 9.67 Å². The lowest BCUT2D eigenvalue weighted by Gasteiger charge is -2.07. The number of aromatic nitrogens is 1. The number of carboxylic acids is 1. The number of halogens is 1. The summed E-state index contributed by atoms with van der Waals surface area (Å²) in [5.74, 6) is -0.469. The molecular weight excluding hydrogens is 360 g/mol. The number of hydrogen-bond donors (Lipinski definition) is 2. The molecule has 7 heteroatoms. The molecule has 0 amide bonds. The fourth-order valence-electron chi connectivity index (χ4n) is 2.69. The van der Waals surface area contributed by atoms with Gasteiger partial charge in [-0.2, -0.15) is 0 Å². The summed E-state index contributed by atoms with van der Waals surface area (Å²) in [5, 5.41) is 10.6. The normalized spacial score (nSPS) is 11.1. The molecule has 124 valence electrons. The van der Waals surface area contributed by atoms with E-state index >= 15 is 0 Å². The Bertz CT molecular complexity index is 1090. The van der Waals surface area contributed by atoms with Gasteiger partial charge in [-0.1, -0.05) is 23.7 Å². The van der Waals surface area contributed by atoms with Crippen molar-refractivity contribution in [1.29, 1.82) is 0 Å². The molecule has 1 aromatic carbocycles. The van der Waals surface area contributed by atoms with Gasteiger partial charge in [-0.15, -0.1) is 11.3 Å². The summed E-state index contributed by atoms with van der Waals surface area (Å²) in [6.45, 7) is 0. The quantitative estimate of drug-likeness (QED) is 0.520. The van der Waals surface area contributed by atoms with Crippen LogP contribution in [0.4, 0.5) is 5.69 Å². The van der Waals surface area contributed by atoms with Crippen LogP contribution in [0.15, 0.2) is 53.1 Å². The lowest BCUT2D eigenvalue weighted by atomic mass is 10.0. The molecule has 0 radical (unpaired) electrons. The molecule has 0 unspecified atom stereocenters. The predicted molar refractivity (Wildman–Crippen MR) is 99.1 cm³/mol. The van der Waals surface area contributed by atoms with Gasteiger partial charge in [0.2, 0.25) is 0 Å². The van der Waals surface area contributed by atoms with E-state index in [2.05, 4.69) is 4.98 Å². The first-order valence-corrected chi connectivity index (χ1v) is 8.50. The molecule has 4 aromatic rings. The third kappa shape index (κ3) is 2.65. The highest BCUT2D eigenvalue weighted by Crippen LogP contribution is 2.41. The maximum Gasteiger partial charge on any atom is 0.348 e. The minimum Gasteiger partial charge on any atom is -0.477 e. The van der Waals surface area contributed by atoms with Gasteiger partial charge in [0.1, 0.15) is 15.4 Å². The molecule has 0 bridgehead atoms. The number of hydrogen-bond acceptors (Lipinski definition) is 5. The second kappa shape index (κ2) is 5.91. The third-order valence-corrected chi connectivity index (χ3v) is 5.16. The molecule has 0 aliphatic rings. The van der Waals surface area contributed by atoms with Gasteiger partial charge in [-0.3, -0.25) is 0 Å². The summed E-state index contributed by atoms with van der Waals surface area (Å²) < 4.78 is 5.44. The van der Waals surface area contributed by atoms with Crippen molar-refractivity contribution in [3.05, 3.63) is 58.6 Å². The van der Waals surface area contributed by atoms with E-state index in [4.69, 9.17) is 21.8 Å². The molecule has 0 aliphatic heterocycles. The number of pyridine rings is 1. The Balaban J connectivity index is 2.06. The van der Waals surface area contributed by atoms with Gasteiger partial charge in [0.05, 0.1) is 12.0 Å². The van der Waals surface area contributed by atoms with Crippen molar-refractivity contribution in [2.75, 3.05) is 5.73 Å². The smallest absolute Gasteiger partial charge is 0.348 e. The maximum atomic E-state index is 11.5. The molecule has 4 rings (SSSR count). The monoisotopic (exact) mass is 370 g/mol. The van der Waals surface area contributed by atoms with Crippen molar-refractivity contribution in [2.45, 2.75) is 0 Å². The Morgan fingerprint density at radius 1 is 1.24 bits per heavy atom. The molecule has 5 nitrogen and oxygen atoms in total. The van der Waals surface area contributed by atoms with Crippen LogP contribution < -0.4 is 5.73 Å². The summed E-state index contributed by atoms with van der Waals surface area (Å²) >= 11 is 7.03. The van der Waals surface area contributed by atoms with E-state index in [-0.39, 0.29) is 10.6 Å². The first-order chi connectivity index (χ1) is 12.0. The van der Waals surface area contributed by atoms with Crippen LogP contribution >= 0.6 is 22.9 Å². The first kappa shape index (κ1) is 15.7. The molecule has 3 N–H and O–H groups in total. The summed E-state index contributed by atoms with van der Waals surface area (Å²) in [6, 6.07) is 12.7. The van der Waals surface area contributed by atoms with E-state index in [0.717, 1.165) is 22.5 Å². The lowest BCUT2D eigenvalue weighted by Crippen LogP contribution is -1.97. The highest BCUT2D eigenvalue weighted by molar-refractivity contribution is 7.21. The average molecular weight is 371 g/mol. The van der Waals surface area contributed by atoms with Gasteiger partial charge in [0.15, 0.2) is 5.76 Å². The van der Waals surface area contributed by atoms with Crippen molar-refractivity contribution >= 4 is 44.8 Å². The molecule has 0 aliphatic carbocycles. The van der Waals surface area contributed by atoms with E-state index in [1.807, 2.05) is 18.2 Å². The zero-order valence-corrected chi connectivity index (χ0v) is 14.3. The number of anilines is 1. The van der Waals surface area contributed by atoms with E-state index in [1.54, 1.807) is 30.5 Å². The van der Waals surface area contributed by atoms with E-state index < -0.39 is 5.97 Å². The number of fused-ring (bicyclic) bond motifs is 1. The summed E-state index contributed by atoms with van der Waals surface area (Å²) in [5.41, 5.74) is 8.60. The van der Waals surface area contributed by atoms with Gasteiger partial charge in [-0.05, 0) is 41.5 Å². The van der Waals surface area contributed by atoms with Crippen LogP contribution in [-0.4, -0.2) is 16.1 Å². The Kier molecular flexibility index (Phi) is 3.71. The van der Waals surface area contributed by atoms with Crippen LogP contribution in [-0.2, 0) is 0 Å². The van der Waals surface area contributed by atoms with Gasteiger partial charge < -0.3 is 15.3 Å². The average Bonchev–Trinajstić information content (AvgIpc) is 3.23. The maximum absolute atomic E-state index is 11.5. The number of carboxylic acid groups (broad SMARTS) is 1. The highest BCUT2D eigenvalue weighted by atomic mass is 35.5. The molecule has 0 saturated carbocycles. The Labute approximate surface area is 151 Å². The molecule has 0 spiro atoms. The van der Waals surface area contributed by atoms with Crippen LogP contribution in [0.5, 0.6) is 0 Å². The topological polar surface area (TPSA) is 89.4 Å². The molecule has 0 atom stereocenters. The molecule has 3 aromatic heterocycles. The minimum absolute atomic E-state index is 0.0781. The minimum atomic E-state index is -1.07. The van der Waals surface area contributed by atoms with E-state index in [1.165, 1.54) is 0 Å². The van der Waals surface area contributed by atoms with Crippen LogP contribution in [0.3, 0.4) is 0 Å². The first-order valence-electron chi connectivity index (χ1n) is 7.30. The van der Waals surface area contributed by atoms with Crippen molar-refractivity contribution in [1.82, 2.24) is 4.98 Å². The number of nitrogens with two attached hydrogens (primary N) is 1. The number of furan rings is 1. The van der Waals surface area contributed by atoms with Crippen LogP contribution in [0.2, 0.25) is 5.02 Å². The van der Waals surface area contributed by atoms with Crippen molar-refractivity contribution < 1.29 is 14.3 Å². The fourth-order valence-corrected chi connectivity index (χ4v) is 3.77. The second-order valence-corrected chi connectivity index (χ2v) is 6.80. The molecule has 0 fully saturated rings. The van der Waals surface area contributed by atoms with E-state index in [0.29, 0.717) is 26.7 Å². The second-order valence-electron chi connectivity index (χ2n) is 5.37. The highest BCUT2D eigenvalue weighted by Gasteiger charge is 2.21. The molecule has 3 heterocycles. The summed E-state index contributed by atoms with van der Waals surface area (Å²) in [4.78, 5) is 16.6. The standard InChI is InChI=1S/C18H11ClN2O3S/c19-10-5-3-9(4-6-10)11-8-12(13-2-1-7-24-13)21-17-14(11)15(20)16(25-17)18(22)23/h1-8H,20H2,(H,22,23). The van der Waals surface area contributed by atoms with Gasteiger partial charge in [0, 0.05) is 10.4 Å². The molecule has 0 saturated heterocycles. The van der Waals surface area contributed by atoms with Crippen LogP contribution in [0, 0.1) is 0 Å². The SMILES string of the molecule is Nc1c(C(=O)O)sc2nc(-c3ccco3)cc(-c3ccc(Cl)cc3)c12. The molecule has 25 heavy (non-hydrogen) atoms. The van der Waals surface area contributed by atoms with Gasteiger partial charge >= 0.3 is 5.97 Å². The number of thiophene rings is 1. The summed E-state index contributed by atoms with van der Waals surface area (Å²) in [7, 11) is 0.